The first-order valence-electron chi connectivity index (χ1n) is 6.09. The van der Waals surface area contributed by atoms with Crippen LogP contribution in [-0.4, -0.2) is 17.9 Å². The number of nitrogens with one attached hydrogen (secondary N) is 2. The Balaban J connectivity index is 0.000000639. The van der Waals surface area contributed by atoms with Crippen molar-refractivity contribution < 1.29 is 14.4 Å². The van der Waals surface area contributed by atoms with E-state index in [4.69, 9.17) is 20.4 Å². The number of hydrogen-bond donors (Lipinski definition) is 2. The molecule has 0 saturated carbocycles. The summed E-state index contributed by atoms with van der Waals surface area (Å²) in [4.78, 5) is 28.4. The third-order valence-corrected chi connectivity index (χ3v) is 2.29. The second-order valence-electron chi connectivity index (χ2n) is 3.68. The van der Waals surface area contributed by atoms with Gasteiger partial charge >= 0.3 is 0 Å². The van der Waals surface area contributed by atoms with Gasteiger partial charge in [0.2, 0.25) is 12.2 Å². The summed E-state index contributed by atoms with van der Waals surface area (Å²) in [5.74, 6) is 0.0319. The van der Waals surface area contributed by atoms with Crippen LogP contribution in [0.4, 0.5) is 0 Å². The van der Waals surface area contributed by atoms with Crippen molar-refractivity contribution in [2.75, 3.05) is 0 Å². The number of hydrogen-bond acceptors (Lipinski definition) is 5. The predicted octanol–water partition coefficient (Wildman–Crippen LogP) is 3.38. The van der Waals surface area contributed by atoms with Gasteiger partial charge in [-0.2, -0.15) is 0 Å². The SMILES string of the molecule is N=C=O.N=C=O.O=C(C=Cc1ccccc1)c1ccccc1. The first-order chi connectivity index (χ1) is 10.7. The van der Waals surface area contributed by atoms with Crippen LogP contribution in [0.15, 0.2) is 66.7 Å². The maximum atomic E-state index is 11.7. The van der Waals surface area contributed by atoms with E-state index in [9.17, 15) is 4.79 Å². The highest BCUT2D eigenvalue weighted by Gasteiger charge is 1.98. The lowest BCUT2D eigenvalue weighted by Crippen LogP contribution is -1.92. The minimum absolute atomic E-state index is 0.0319. The maximum Gasteiger partial charge on any atom is 0.231 e. The van der Waals surface area contributed by atoms with Crippen LogP contribution in [0.2, 0.25) is 0 Å². The van der Waals surface area contributed by atoms with E-state index >= 15 is 0 Å². The molecule has 0 aliphatic rings. The van der Waals surface area contributed by atoms with Gasteiger partial charge in [0, 0.05) is 5.56 Å². The monoisotopic (exact) mass is 294 g/mol. The van der Waals surface area contributed by atoms with Crippen molar-refractivity contribution in [2.45, 2.75) is 0 Å². The largest absolute Gasteiger partial charge is 0.289 e. The van der Waals surface area contributed by atoms with Gasteiger partial charge in [-0.15, -0.1) is 0 Å². The number of carbonyl (C=O) groups is 1. The number of benzene rings is 2. The molecule has 2 aromatic carbocycles. The minimum Gasteiger partial charge on any atom is -0.289 e. The molecular formula is C17H14N2O3. The summed E-state index contributed by atoms with van der Waals surface area (Å²) in [6.07, 6.45) is 4.93. The Morgan fingerprint density at radius 1 is 0.818 bits per heavy atom. The zero-order valence-corrected chi connectivity index (χ0v) is 11.7. The minimum atomic E-state index is 0.0319. The van der Waals surface area contributed by atoms with Gasteiger partial charge in [0.25, 0.3) is 0 Å². The van der Waals surface area contributed by atoms with Crippen LogP contribution in [0.25, 0.3) is 6.08 Å². The van der Waals surface area contributed by atoms with Gasteiger partial charge < -0.3 is 0 Å². The molecule has 0 heterocycles. The number of rotatable bonds is 3. The third kappa shape index (κ3) is 8.67. The average Bonchev–Trinajstić information content (AvgIpc) is 2.56. The Hall–Kier alpha value is -3.39. The number of carbonyl (C=O) groups excluding carboxylic acids is 3. The molecule has 5 heteroatoms. The fourth-order valence-electron chi connectivity index (χ4n) is 1.43. The first-order valence-corrected chi connectivity index (χ1v) is 6.09. The molecule has 110 valence electrons. The quantitative estimate of drug-likeness (QED) is 0.393. The maximum absolute atomic E-state index is 11.7. The molecule has 0 fully saturated rings. The van der Waals surface area contributed by atoms with Crippen molar-refractivity contribution in [2.24, 2.45) is 0 Å². The summed E-state index contributed by atoms with van der Waals surface area (Å²) < 4.78 is 0. The lowest BCUT2D eigenvalue weighted by atomic mass is 10.1. The zero-order valence-electron chi connectivity index (χ0n) is 11.7. The molecule has 0 aromatic heterocycles. The Labute approximate surface area is 127 Å². The topological polar surface area (TPSA) is 98.9 Å². The van der Waals surface area contributed by atoms with Crippen LogP contribution in [0.5, 0.6) is 0 Å². The Bertz CT molecular complexity index is 641. The predicted molar refractivity (Wildman–Crippen MR) is 83.1 cm³/mol. The van der Waals surface area contributed by atoms with Crippen molar-refractivity contribution in [3.05, 3.63) is 77.9 Å². The van der Waals surface area contributed by atoms with Crippen molar-refractivity contribution in [3.63, 3.8) is 0 Å². The molecule has 2 N–H and O–H groups in total. The highest BCUT2D eigenvalue weighted by atomic mass is 16.1. The molecular weight excluding hydrogens is 280 g/mol. The summed E-state index contributed by atoms with van der Waals surface area (Å²) in [7, 11) is 0. The second kappa shape index (κ2) is 12.6. The van der Waals surface area contributed by atoms with E-state index < -0.39 is 0 Å². The highest BCUT2D eigenvalue weighted by Crippen LogP contribution is 2.05. The number of allylic oxidation sites excluding steroid dienone is 1. The molecule has 0 spiro atoms. The lowest BCUT2D eigenvalue weighted by Gasteiger charge is -1.94. The molecule has 2 rings (SSSR count). The summed E-state index contributed by atoms with van der Waals surface area (Å²) in [5.41, 5.74) is 1.75. The number of isocyanates is 2. The highest BCUT2D eigenvalue weighted by molar-refractivity contribution is 6.06. The van der Waals surface area contributed by atoms with Gasteiger partial charge in [0.1, 0.15) is 0 Å². The van der Waals surface area contributed by atoms with Gasteiger partial charge in [-0.1, -0.05) is 66.7 Å². The van der Waals surface area contributed by atoms with Crippen LogP contribution in [0.3, 0.4) is 0 Å². The molecule has 0 aliphatic heterocycles. The van der Waals surface area contributed by atoms with Gasteiger partial charge in [0.05, 0.1) is 0 Å². The Kier molecular flexibility index (Phi) is 10.7. The van der Waals surface area contributed by atoms with E-state index in [2.05, 4.69) is 0 Å². The summed E-state index contributed by atoms with van der Waals surface area (Å²) in [6.45, 7) is 0. The lowest BCUT2D eigenvalue weighted by molar-refractivity contribution is 0.104. The van der Waals surface area contributed by atoms with E-state index in [1.54, 1.807) is 6.08 Å². The van der Waals surface area contributed by atoms with E-state index in [0.29, 0.717) is 0 Å². The van der Waals surface area contributed by atoms with Crippen LogP contribution < -0.4 is 0 Å². The van der Waals surface area contributed by atoms with E-state index in [0.717, 1.165) is 23.3 Å². The van der Waals surface area contributed by atoms with Crippen molar-refractivity contribution >= 4 is 24.0 Å². The van der Waals surface area contributed by atoms with Crippen molar-refractivity contribution in [1.29, 1.82) is 10.8 Å². The number of ketones is 1. The third-order valence-electron chi connectivity index (χ3n) is 2.29. The van der Waals surface area contributed by atoms with Gasteiger partial charge in [0.15, 0.2) is 5.78 Å². The molecule has 0 aliphatic carbocycles. The molecule has 0 radical (unpaired) electrons. The van der Waals surface area contributed by atoms with Crippen LogP contribution in [0.1, 0.15) is 15.9 Å². The first kappa shape index (κ1) is 18.6. The summed E-state index contributed by atoms with van der Waals surface area (Å²) >= 11 is 0. The summed E-state index contributed by atoms with van der Waals surface area (Å²) in [6, 6.07) is 19.1. The van der Waals surface area contributed by atoms with E-state index in [1.165, 1.54) is 0 Å². The molecule has 5 nitrogen and oxygen atoms in total. The summed E-state index contributed by atoms with van der Waals surface area (Å²) in [5, 5.41) is 10.8. The molecule has 22 heavy (non-hydrogen) atoms. The average molecular weight is 294 g/mol. The molecule has 2 aromatic rings. The van der Waals surface area contributed by atoms with Gasteiger partial charge in [-0.05, 0) is 11.6 Å². The fourth-order valence-corrected chi connectivity index (χ4v) is 1.43. The van der Waals surface area contributed by atoms with Gasteiger partial charge in [-0.3, -0.25) is 4.79 Å². The van der Waals surface area contributed by atoms with Crippen LogP contribution in [-0.2, 0) is 9.59 Å². The smallest absolute Gasteiger partial charge is 0.231 e. The Morgan fingerprint density at radius 3 is 1.68 bits per heavy atom. The van der Waals surface area contributed by atoms with E-state index in [1.807, 2.05) is 66.7 Å². The molecule has 0 bridgehead atoms. The van der Waals surface area contributed by atoms with Crippen LogP contribution >= 0.6 is 0 Å². The molecule has 0 unspecified atom stereocenters. The standard InChI is InChI=1S/C15H12O.2CHNO/c16-15(14-9-5-2-6-10-14)12-11-13-7-3-1-4-8-13;2*2-1-3/h1-12H;2*2H. The second-order valence-corrected chi connectivity index (χ2v) is 3.68. The van der Waals surface area contributed by atoms with Crippen molar-refractivity contribution in [3.8, 4) is 0 Å². The van der Waals surface area contributed by atoms with Crippen molar-refractivity contribution in [1.82, 2.24) is 0 Å². The zero-order chi connectivity index (χ0) is 16.6. The fraction of sp³-hybridized carbons (Fsp3) is 0. The van der Waals surface area contributed by atoms with Crippen LogP contribution in [0, 0.1) is 10.8 Å². The molecule has 0 amide bonds. The van der Waals surface area contributed by atoms with E-state index in [-0.39, 0.29) is 5.78 Å². The molecule has 0 saturated heterocycles. The molecule has 0 atom stereocenters. The normalized spacial score (nSPS) is 8.36. The Morgan fingerprint density at radius 2 is 1.23 bits per heavy atom. The van der Waals surface area contributed by atoms with Gasteiger partial charge in [-0.25, -0.2) is 20.4 Å².